The lowest BCUT2D eigenvalue weighted by Gasteiger charge is -2.31. The van der Waals surface area contributed by atoms with E-state index in [1.807, 2.05) is 66.7 Å². The van der Waals surface area contributed by atoms with Crippen LogP contribution in [0.2, 0.25) is 0 Å². The number of methoxy groups -OCH3 is 1. The average molecular weight is 391 g/mol. The Labute approximate surface area is 173 Å². The summed E-state index contributed by atoms with van der Waals surface area (Å²) >= 11 is 0. The van der Waals surface area contributed by atoms with Crippen molar-refractivity contribution < 1.29 is 14.6 Å². The second kappa shape index (κ2) is 9.62. The minimum atomic E-state index is -0.417. The van der Waals surface area contributed by atoms with Crippen molar-refractivity contribution in [2.45, 2.75) is 44.6 Å². The fourth-order valence-electron chi connectivity index (χ4n) is 3.46. The molecule has 1 N–H and O–H groups in total. The number of ether oxygens (including phenoxy) is 2. The van der Waals surface area contributed by atoms with Crippen LogP contribution in [0.25, 0.3) is 0 Å². The highest BCUT2D eigenvalue weighted by molar-refractivity contribution is 5.34. The molecule has 0 heterocycles. The molecule has 3 aromatic carbocycles. The fraction of sp³-hybridized carbons (Fsp3) is 0.308. The zero-order valence-corrected chi connectivity index (χ0v) is 17.5. The van der Waals surface area contributed by atoms with Crippen molar-refractivity contribution in [1.82, 2.24) is 0 Å². The summed E-state index contributed by atoms with van der Waals surface area (Å²) < 4.78 is 11.1. The van der Waals surface area contributed by atoms with Crippen molar-refractivity contribution >= 4 is 0 Å². The molecule has 3 rings (SSSR count). The van der Waals surface area contributed by atoms with Crippen LogP contribution in [0.3, 0.4) is 0 Å². The van der Waals surface area contributed by atoms with Gasteiger partial charge in [-0.2, -0.15) is 0 Å². The lowest BCUT2D eigenvalue weighted by molar-refractivity contribution is 0.0892. The van der Waals surface area contributed by atoms with E-state index in [1.165, 1.54) is 5.56 Å². The van der Waals surface area contributed by atoms with Gasteiger partial charge in [0.1, 0.15) is 17.2 Å². The van der Waals surface area contributed by atoms with Gasteiger partial charge < -0.3 is 14.6 Å². The first-order valence-electron chi connectivity index (χ1n) is 10.1. The van der Waals surface area contributed by atoms with Gasteiger partial charge >= 0.3 is 0 Å². The van der Waals surface area contributed by atoms with E-state index >= 15 is 0 Å². The minimum absolute atomic E-state index is 0.315. The van der Waals surface area contributed by atoms with Crippen LogP contribution in [0.15, 0.2) is 78.9 Å². The lowest BCUT2D eigenvalue weighted by atomic mass is 9.77. The summed E-state index contributed by atoms with van der Waals surface area (Å²) in [7, 11) is 1.66. The van der Waals surface area contributed by atoms with Crippen molar-refractivity contribution in [3.05, 3.63) is 90.0 Å². The number of hydrogen-bond acceptors (Lipinski definition) is 3. The lowest BCUT2D eigenvalue weighted by Crippen LogP contribution is -2.33. The van der Waals surface area contributed by atoms with Gasteiger partial charge in [-0.15, -0.1) is 0 Å². The molecule has 3 heteroatoms. The maximum absolute atomic E-state index is 10.8. The Bertz CT molecular complexity index is 885. The maximum atomic E-state index is 10.8. The Kier molecular flexibility index (Phi) is 6.95. The van der Waals surface area contributed by atoms with Crippen molar-refractivity contribution in [1.29, 1.82) is 0 Å². The maximum Gasteiger partial charge on any atom is 0.127 e. The molecule has 29 heavy (non-hydrogen) atoms. The monoisotopic (exact) mass is 390 g/mol. The topological polar surface area (TPSA) is 38.7 Å². The van der Waals surface area contributed by atoms with Crippen molar-refractivity contribution in [3.8, 4) is 17.2 Å². The second-order valence-electron chi connectivity index (χ2n) is 7.92. The van der Waals surface area contributed by atoms with Crippen molar-refractivity contribution in [2.75, 3.05) is 7.11 Å². The Morgan fingerprint density at radius 1 is 0.828 bits per heavy atom. The normalized spacial score (nSPS) is 12.4. The summed E-state index contributed by atoms with van der Waals surface area (Å²) in [4.78, 5) is 0. The van der Waals surface area contributed by atoms with E-state index in [4.69, 9.17) is 9.47 Å². The molecule has 0 fully saturated rings. The van der Waals surface area contributed by atoms with Crippen molar-refractivity contribution in [2.24, 2.45) is 0 Å². The molecular weight excluding hydrogens is 360 g/mol. The first-order chi connectivity index (χ1) is 14.0. The largest absolute Gasteiger partial charge is 0.497 e. The first-order valence-corrected chi connectivity index (χ1v) is 10.1. The summed E-state index contributed by atoms with van der Waals surface area (Å²) in [5, 5.41) is 10.8. The first kappa shape index (κ1) is 20.9. The zero-order chi connectivity index (χ0) is 20.7. The number of aliphatic hydroxyl groups is 1. The van der Waals surface area contributed by atoms with Crippen LogP contribution in [0.1, 0.15) is 37.8 Å². The Morgan fingerprint density at radius 2 is 1.52 bits per heavy atom. The molecule has 1 unspecified atom stereocenters. The van der Waals surface area contributed by atoms with Gasteiger partial charge in [-0.3, -0.25) is 0 Å². The molecule has 0 amide bonds. The van der Waals surface area contributed by atoms with Gasteiger partial charge in [0.25, 0.3) is 0 Å². The van der Waals surface area contributed by atoms with Crippen LogP contribution in [-0.2, 0) is 11.8 Å². The molecule has 0 saturated carbocycles. The third-order valence-corrected chi connectivity index (χ3v) is 5.49. The molecular formula is C26H30O3. The quantitative estimate of drug-likeness (QED) is 0.476. The summed E-state index contributed by atoms with van der Waals surface area (Å²) in [6, 6.07) is 25.9. The van der Waals surface area contributed by atoms with E-state index in [1.54, 1.807) is 7.11 Å². The van der Waals surface area contributed by atoms with Crippen molar-refractivity contribution in [3.63, 3.8) is 0 Å². The van der Waals surface area contributed by atoms with Gasteiger partial charge in [-0.05, 0) is 66.8 Å². The smallest absolute Gasteiger partial charge is 0.127 e. The number of benzene rings is 3. The molecule has 3 nitrogen and oxygen atoms in total. The van der Waals surface area contributed by atoms with Crippen LogP contribution in [0.4, 0.5) is 0 Å². The van der Waals surface area contributed by atoms with E-state index in [0.717, 1.165) is 42.1 Å². The van der Waals surface area contributed by atoms with Crippen LogP contribution in [-0.4, -0.2) is 18.3 Å². The third kappa shape index (κ3) is 5.61. The van der Waals surface area contributed by atoms with E-state index < -0.39 is 6.10 Å². The number of hydrogen-bond donors (Lipinski definition) is 1. The van der Waals surface area contributed by atoms with Gasteiger partial charge in [0.2, 0.25) is 0 Å². The van der Waals surface area contributed by atoms with Gasteiger partial charge in [0.15, 0.2) is 0 Å². The number of rotatable bonds is 9. The van der Waals surface area contributed by atoms with Gasteiger partial charge in [-0.1, -0.05) is 56.3 Å². The molecule has 0 aliphatic rings. The highest BCUT2D eigenvalue weighted by Crippen LogP contribution is 2.31. The standard InChI is InChI=1S/C26H30O3/c1-26(2,21-15-17-22(28-3)18-16-21)25(27)14-8-10-20-9-7-13-24(19-20)29-23-11-5-4-6-12-23/h4-7,9,11-13,15-19,25,27H,8,10,14H2,1-3H3. The number of aliphatic hydroxyl groups excluding tert-OH is 1. The Hall–Kier alpha value is -2.78. The Morgan fingerprint density at radius 3 is 2.21 bits per heavy atom. The van der Waals surface area contributed by atoms with Crippen LogP contribution in [0, 0.1) is 0 Å². The summed E-state index contributed by atoms with van der Waals surface area (Å²) in [5.74, 6) is 2.51. The van der Waals surface area contributed by atoms with Crippen LogP contribution in [0.5, 0.6) is 17.2 Å². The average Bonchev–Trinajstić information content (AvgIpc) is 2.74. The molecule has 0 spiro atoms. The number of para-hydroxylation sites is 1. The van der Waals surface area contributed by atoms with E-state index in [2.05, 4.69) is 26.0 Å². The van der Waals surface area contributed by atoms with Gasteiger partial charge in [-0.25, -0.2) is 0 Å². The molecule has 1 atom stereocenters. The molecule has 0 radical (unpaired) electrons. The summed E-state index contributed by atoms with van der Waals surface area (Å²) in [6.45, 7) is 4.18. The molecule has 3 aromatic rings. The van der Waals surface area contributed by atoms with Crippen LogP contribution < -0.4 is 9.47 Å². The molecule has 0 aliphatic carbocycles. The predicted molar refractivity (Wildman–Crippen MR) is 118 cm³/mol. The molecule has 0 aliphatic heterocycles. The molecule has 0 aromatic heterocycles. The third-order valence-electron chi connectivity index (χ3n) is 5.49. The Balaban J connectivity index is 1.55. The second-order valence-corrected chi connectivity index (χ2v) is 7.92. The zero-order valence-electron chi connectivity index (χ0n) is 17.5. The number of aryl methyl sites for hydroxylation is 1. The summed E-state index contributed by atoms with van der Waals surface area (Å²) in [5.41, 5.74) is 2.02. The van der Waals surface area contributed by atoms with Gasteiger partial charge in [0, 0.05) is 5.41 Å². The molecule has 152 valence electrons. The fourth-order valence-corrected chi connectivity index (χ4v) is 3.46. The molecule has 0 saturated heterocycles. The predicted octanol–water partition coefficient (Wildman–Crippen LogP) is 6.15. The van der Waals surface area contributed by atoms with Gasteiger partial charge in [0.05, 0.1) is 13.2 Å². The minimum Gasteiger partial charge on any atom is -0.497 e. The summed E-state index contributed by atoms with van der Waals surface area (Å²) in [6.07, 6.45) is 2.14. The molecule has 0 bridgehead atoms. The van der Waals surface area contributed by atoms with E-state index in [-0.39, 0.29) is 5.41 Å². The highest BCUT2D eigenvalue weighted by Gasteiger charge is 2.29. The van der Waals surface area contributed by atoms with E-state index in [9.17, 15) is 5.11 Å². The highest BCUT2D eigenvalue weighted by atomic mass is 16.5. The SMILES string of the molecule is COc1ccc(C(C)(C)C(O)CCCc2cccc(Oc3ccccc3)c2)cc1. The van der Waals surface area contributed by atoms with E-state index in [0.29, 0.717) is 0 Å². The van der Waals surface area contributed by atoms with Crippen LogP contribution >= 0.6 is 0 Å².